The third kappa shape index (κ3) is 8.33. The van der Waals surface area contributed by atoms with Gasteiger partial charge in [0.2, 0.25) is 0 Å². The van der Waals surface area contributed by atoms with E-state index in [1.54, 1.807) is 22.9 Å². The molecule has 2 aromatic rings. The summed E-state index contributed by atoms with van der Waals surface area (Å²) < 4.78 is 26.3. The van der Waals surface area contributed by atoms with E-state index in [4.69, 9.17) is 43.6 Å². The predicted molar refractivity (Wildman–Crippen MR) is 161 cm³/mol. The van der Waals surface area contributed by atoms with Crippen LogP contribution in [0.2, 0.25) is 10.0 Å². The van der Waals surface area contributed by atoms with Gasteiger partial charge in [0.15, 0.2) is 0 Å². The molecule has 12 nitrogen and oxygen atoms in total. The zero-order chi connectivity index (χ0) is 31.0. The first-order valence-corrected chi connectivity index (χ1v) is 15.3. The van der Waals surface area contributed by atoms with Gasteiger partial charge in [0.05, 0.1) is 28.4 Å². The summed E-state index contributed by atoms with van der Waals surface area (Å²) in [6.07, 6.45) is 1.65. The van der Waals surface area contributed by atoms with Crippen molar-refractivity contribution in [3.63, 3.8) is 0 Å². The van der Waals surface area contributed by atoms with Gasteiger partial charge < -0.3 is 25.6 Å². The van der Waals surface area contributed by atoms with Crippen molar-refractivity contribution in [3.8, 4) is 5.75 Å². The van der Waals surface area contributed by atoms with Crippen molar-refractivity contribution >= 4 is 54.4 Å². The molecule has 2 aromatic carbocycles. The van der Waals surface area contributed by atoms with Crippen LogP contribution in [-0.2, 0) is 18.9 Å². The number of amides is 2. The number of halogens is 2. The van der Waals surface area contributed by atoms with Crippen LogP contribution in [0.5, 0.6) is 5.75 Å². The molecule has 15 heteroatoms. The van der Waals surface area contributed by atoms with E-state index in [1.165, 1.54) is 26.2 Å². The average Bonchev–Trinajstić information content (AvgIpc) is 2.96. The Kier molecular flexibility index (Phi) is 11.6. The summed E-state index contributed by atoms with van der Waals surface area (Å²) in [4.78, 5) is 37.6. The summed E-state index contributed by atoms with van der Waals surface area (Å²) in [7, 11) is -2.54. The van der Waals surface area contributed by atoms with Crippen LogP contribution >= 0.6 is 30.9 Å². The number of nitrogens with two attached hydrogens (primary N) is 1. The third-order valence-electron chi connectivity index (χ3n) is 6.44. The summed E-state index contributed by atoms with van der Waals surface area (Å²) in [5.74, 6) is -1.74. The van der Waals surface area contributed by atoms with E-state index < -0.39 is 37.2 Å². The van der Waals surface area contributed by atoms with Crippen molar-refractivity contribution in [2.45, 2.75) is 38.8 Å². The van der Waals surface area contributed by atoms with Gasteiger partial charge in [0.1, 0.15) is 17.5 Å². The van der Waals surface area contributed by atoms with E-state index in [0.29, 0.717) is 18.6 Å². The summed E-state index contributed by atoms with van der Waals surface area (Å²) in [5.41, 5.74) is 5.77. The fourth-order valence-electron chi connectivity index (χ4n) is 4.12. The van der Waals surface area contributed by atoms with Crippen molar-refractivity contribution in [1.29, 1.82) is 5.41 Å². The smallest absolute Gasteiger partial charge is 0.393 e. The lowest BCUT2D eigenvalue weighted by Crippen LogP contribution is -2.49. The Bertz CT molecular complexity index is 1390. The molecule has 1 aliphatic heterocycles. The number of nitrogens with one attached hydrogen (secondary N) is 4. The summed E-state index contributed by atoms with van der Waals surface area (Å²) >= 11 is 12.2. The van der Waals surface area contributed by atoms with E-state index in [1.807, 2.05) is 19.1 Å². The second-order valence-electron chi connectivity index (χ2n) is 9.51. The van der Waals surface area contributed by atoms with E-state index >= 15 is 0 Å². The number of ether oxygens (including phenoxy) is 1. The van der Waals surface area contributed by atoms with Crippen LogP contribution in [0.1, 0.15) is 35.7 Å². The number of methoxy groups -OCH3 is 1. The Labute approximate surface area is 254 Å². The molecule has 0 aromatic heterocycles. The van der Waals surface area contributed by atoms with Gasteiger partial charge >= 0.3 is 13.6 Å². The number of hydrogen-bond donors (Lipinski definition) is 5. The molecule has 0 aliphatic carbocycles. The number of hydrogen-bond acceptors (Lipinski definition) is 8. The van der Waals surface area contributed by atoms with Gasteiger partial charge in [-0.25, -0.2) is 14.3 Å². The van der Waals surface area contributed by atoms with E-state index in [0.717, 1.165) is 11.8 Å². The first-order valence-electron chi connectivity index (χ1n) is 12.9. The molecule has 1 heterocycles. The second kappa shape index (κ2) is 14.7. The quantitative estimate of drug-likeness (QED) is 0.139. The summed E-state index contributed by atoms with van der Waals surface area (Å²) in [6.45, 7) is 3.91. The van der Waals surface area contributed by atoms with Crippen LogP contribution in [0, 0.1) is 12.3 Å². The molecule has 1 unspecified atom stereocenters. The maximum absolute atomic E-state index is 14.1. The molecule has 42 heavy (non-hydrogen) atoms. The van der Waals surface area contributed by atoms with Crippen molar-refractivity contribution in [2.75, 3.05) is 20.2 Å². The molecule has 1 aliphatic rings. The van der Waals surface area contributed by atoms with E-state index in [-0.39, 0.29) is 40.4 Å². The zero-order valence-electron chi connectivity index (χ0n) is 23.3. The topological polar surface area (TPSA) is 176 Å². The molecule has 2 atom stereocenters. The molecular weight excluding hydrogens is 606 g/mol. The van der Waals surface area contributed by atoms with Crippen LogP contribution in [0.3, 0.4) is 0 Å². The molecule has 2 amide bonds. The third-order valence-corrected chi connectivity index (χ3v) is 9.39. The number of aryl methyl sites for hydroxylation is 1. The number of rotatable bonds is 11. The van der Waals surface area contributed by atoms with Crippen molar-refractivity contribution < 1.29 is 28.2 Å². The number of carbonyl (C=O) groups excluding carboxylic acids is 3. The number of carbonyl (C=O) groups is 3. The molecule has 1 fully saturated rings. The normalized spacial score (nSPS) is 16.5. The fourth-order valence-corrected chi connectivity index (χ4v) is 6.78. The predicted octanol–water partition coefficient (Wildman–Crippen LogP) is 3.77. The second-order valence-corrected chi connectivity index (χ2v) is 12.4. The molecule has 226 valence electrons. The van der Waals surface area contributed by atoms with Gasteiger partial charge in [0, 0.05) is 25.3 Å². The first-order chi connectivity index (χ1) is 19.9. The number of piperidine rings is 1. The first kappa shape index (κ1) is 33.1. The van der Waals surface area contributed by atoms with Gasteiger partial charge in [0.25, 0.3) is 11.8 Å². The molecular formula is C27H33Cl2N6O6P. The Hall–Kier alpha value is -3.41. The minimum atomic E-state index is -3.78. The molecule has 1 saturated heterocycles. The van der Waals surface area contributed by atoms with Crippen LogP contribution < -0.4 is 26.0 Å². The molecule has 0 spiro atoms. The van der Waals surface area contributed by atoms with Crippen LogP contribution in [0.25, 0.3) is 0 Å². The highest BCUT2D eigenvalue weighted by Crippen LogP contribution is 2.48. The molecule has 0 saturated carbocycles. The molecule has 0 bridgehead atoms. The van der Waals surface area contributed by atoms with E-state index in [2.05, 4.69) is 15.7 Å². The molecule has 6 N–H and O–H groups in total. The number of nitrogens with zero attached hydrogens (tertiary/aromatic N) is 1. The maximum Gasteiger partial charge on any atom is 0.393 e. The monoisotopic (exact) mass is 638 g/mol. The Morgan fingerprint density at radius 3 is 2.26 bits per heavy atom. The Balaban J connectivity index is 1.64. The Morgan fingerprint density at radius 1 is 1.12 bits per heavy atom. The molecule has 3 rings (SSSR count). The number of esters is 1. The van der Waals surface area contributed by atoms with Crippen LogP contribution in [-0.4, -0.2) is 60.4 Å². The lowest BCUT2D eigenvalue weighted by atomic mass is 10.1. The van der Waals surface area contributed by atoms with Crippen molar-refractivity contribution in [1.82, 2.24) is 20.4 Å². The van der Waals surface area contributed by atoms with Crippen LogP contribution in [0.15, 0.2) is 54.4 Å². The van der Waals surface area contributed by atoms with Crippen molar-refractivity contribution in [2.24, 2.45) is 5.73 Å². The fraction of sp³-hybridized carbons (Fsp3) is 0.333. The van der Waals surface area contributed by atoms with Gasteiger partial charge in [-0.1, -0.05) is 47.0 Å². The highest BCUT2D eigenvalue weighted by molar-refractivity contribution is 7.54. The van der Waals surface area contributed by atoms with Gasteiger partial charge in [-0.15, -0.1) is 0 Å². The highest BCUT2D eigenvalue weighted by Gasteiger charge is 2.39. The molecule has 0 radical (unpaired) electrons. The highest BCUT2D eigenvalue weighted by atomic mass is 35.5. The minimum Gasteiger partial charge on any atom is -0.468 e. The Morgan fingerprint density at radius 2 is 1.71 bits per heavy atom. The maximum atomic E-state index is 14.1. The van der Waals surface area contributed by atoms with Gasteiger partial charge in [-0.3, -0.25) is 19.8 Å². The average molecular weight is 639 g/mol. The standard InChI is InChI=1S/C27H33Cl2N6O6P/c1-16-7-9-19(10-8-16)41-42(39,34-17(2)27(38)40-3)35-13-11-18(12-14-35)32-26(37)24(31)22(15-30)33-25(36)23-20(28)5-4-6-21(23)29/h4-10,15,17-18,31H,11-14,30H2,1-3H3,(H,32,37)(H,33,36)(H,34,39)/b22-15+,31-24?/t17-,42?/m0/s1. The lowest BCUT2D eigenvalue weighted by molar-refractivity contribution is -0.142. The number of benzene rings is 2. The van der Waals surface area contributed by atoms with E-state index in [9.17, 15) is 18.9 Å². The lowest BCUT2D eigenvalue weighted by Gasteiger charge is -2.37. The van der Waals surface area contributed by atoms with Crippen molar-refractivity contribution in [3.05, 3.63) is 75.5 Å². The van der Waals surface area contributed by atoms with Gasteiger partial charge in [-0.2, -0.15) is 0 Å². The zero-order valence-corrected chi connectivity index (χ0v) is 25.7. The minimum absolute atomic E-state index is 0.0202. The summed E-state index contributed by atoms with van der Waals surface area (Å²) in [5, 5.41) is 16.4. The largest absolute Gasteiger partial charge is 0.468 e. The summed E-state index contributed by atoms with van der Waals surface area (Å²) in [6, 6.07) is 10.2. The van der Waals surface area contributed by atoms with Crippen LogP contribution in [0.4, 0.5) is 0 Å². The van der Waals surface area contributed by atoms with Gasteiger partial charge in [-0.05, 0) is 51.0 Å². The SMILES string of the molecule is COC(=O)[C@H](C)NP(=O)(Oc1ccc(C)cc1)N1CCC(NC(=O)C(=N)/C(=C\N)NC(=O)c2c(Cl)cccc2Cl)CC1.